The lowest BCUT2D eigenvalue weighted by atomic mass is 10.3. The highest BCUT2D eigenvalue weighted by molar-refractivity contribution is 7.90. The van der Waals surface area contributed by atoms with Gasteiger partial charge in [-0.3, -0.25) is 0 Å². The lowest BCUT2D eigenvalue weighted by Crippen LogP contribution is -2.34. The van der Waals surface area contributed by atoms with Gasteiger partial charge in [0.05, 0.1) is 10.6 Å². The van der Waals surface area contributed by atoms with Crippen molar-refractivity contribution >= 4 is 27.8 Å². The number of rotatable bonds is 3. The molecule has 16 heavy (non-hydrogen) atoms. The van der Waals surface area contributed by atoms with E-state index >= 15 is 0 Å². The summed E-state index contributed by atoms with van der Waals surface area (Å²) in [5, 5.41) is 0. The Hall–Kier alpha value is -2.18. The van der Waals surface area contributed by atoms with Gasteiger partial charge >= 0.3 is 6.03 Å². The third-order valence-electron chi connectivity index (χ3n) is 1.56. The van der Waals surface area contributed by atoms with Crippen LogP contribution in [-0.4, -0.2) is 20.5 Å². The number of sulfonamides is 1. The Balaban J connectivity index is 3.06. The van der Waals surface area contributed by atoms with Gasteiger partial charge in [0.1, 0.15) is 0 Å². The molecule has 1 aromatic carbocycles. The molecule has 7 nitrogen and oxygen atoms in total. The van der Waals surface area contributed by atoms with Crippen LogP contribution in [0, 0.1) is 0 Å². The highest BCUT2D eigenvalue weighted by Crippen LogP contribution is 2.15. The molecular weight excluding hydrogens is 234 g/mol. The second kappa shape index (κ2) is 4.56. The molecule has 0 fully saturated rings. The Kier molecular flexibility index (Phi) is 3.39. The zero-order valence-corrected chi connectivity index (χ0v) is 8.69. The fourth-order valence-electron chi connectivity index (χ4n) is 0.944. The Labute approximate surface area is 91.0 Å². The fourth-order valence-corrected chi connectivity index (χ4v) is 1.82. The third kappa shape index (κ3) is 2.91. The molecule has 84 valence electrons. The van der Waals surface area contributed by atoms with E-state index in [1.54, 1.807) is 4.72 Å². The van der Waals surface area contributed by atoms with Gasteiger partial charge < -0.3 is 5.73 Å². The minimum absolute atomic E-state index is 0.156. The number of isocyanates is 1. The first-order valence-corrected chi connectivity index (χ1v) is 5.44. The molecule has 3 N–H and O–H groups in total. The number of amides is 2. The lowest BCUT2D eigenvalue weighted by Gasteiger charge is -2.03. The first kappa shape index (κ1) is 11.9. The molecule has 0 bridgehead atoms. The van der Waals surface area contributed by atoms with E-state index in [1.807, 2.05) is 0 Å². The van der Waals surface area contributed by atoms with Crippen molar-refractivity contribution in [3.05, 3.63) is 24.3 Å². The Morgan fingerprint density at radius 1 is 1.31 bits per heavy atom. The van der Waals surface area contributed by atoms with E-state index in [9.17, 15) is 18.0 Å². The van der Waals surface area contributed by atoms with Crippen molar-refractivity contribution in [1.82, 2.24) is 4.72 Å². The van der Waals surface area contributed by atoms with Gasteiger partial charge in [0.2, 0.25) is 6.08 Å². The number of nitrogens with two attached hydrogens (primary N) is 1. The summed E-state index contributed by atoms with van der Waals surface area (Å²) in [6.07, 6.45) is 1.31. The van der Waals surface area contributed by atoms with E-state index in [2.05, 4.69) is 4.99 Å². The van der Waals surface area contributed by atoms with Gasteiger partial charge in [-0.15, -0.1) is 0 Å². The third-order valence-corrected chi connectivity index (χ3v) is 2.92. The average Bonchev–Trinajstić information content (AvgIpc) is 2.17. The molecule has 0 unspecified atom stereocenters. The Morgan fingerprint density at radius 2 is 1.88 bits per heavy atom. The SMILES string of the molecule is NC(=O)NS(=O)(=O)c1ccc(N=C=O)cc1. The Morgan fingerprint density at radius 3 is 2.31 bits per heavy atom. The monoisotopic (exact) mass is 241 g/mol. The zero-order valence-electron chi connectivity index (χ0n) is 7.88. The molecule has 0 saturated heterocycles. The number of carbonyl (C=O) groups is 1. The molecule has 2 amide bonds. The maximum Gasteiger partial charge on any atom is 0.326 e. The molecule has 0 aliphatic carbocycles. The summed E-state index contributed by atoms with van der Waals surface area (Å²) >= 11 is 0. The summed E-state index contributed by atoms with van der Waals surface area (Å²) in [6.45, 7) is 0. The quantitative estimate of drug-likeness (QED) is 0.572. The Bertz CT molecular complexity index is 543. The number of benzene rings is 1. The summed E-state index contributed by atoms with van der Waals surface area (Å²) in [7, 11) is -3.96. The molecule has 0 spiro atoms. The van der Waals surface area contributed by atoms with Gasteiger partial charge in [-0.25, -0.2) is 22.7 Å². The van der Waals surface area contributed by atoms with Gasteiger partial charge in [-0.1, -0.05) is 0 Å². The highest BCUT2D eigenvalue weighted by Gasteiger charge is 2.15. The van der Waals surface area contributed by atoms with Gasteiger partial charge in [0.15, 0.2) is 0 Å². The second-order valence-corrected chi connectivity index (χ2v) is 4.35. The second-order valence-electron chi connectivity index (χ2n) is 2.67. The molecule has 1 rings (SSSR count). The van der Waals surface area contributed by atoms with Crippen LogP contribution in [0.25, 0.3) is 0 Å². The van der Waals surface area contributed by atoms with Gasteiger partial charge in [-0.2, -0.15) is 4.99 Å². The number of aliphatic imine (C=N–C) groups is 1. The molecule has 0 aromatic heterocycles. The lowest BCUT2D eigenvalue weighted by molar-refractivity contribution is 0.253. The summed E-state index contributed by atoms with van der Waals surface area (Å²) in [5.41, 5.74) is 4.95. The topological polar surface area (TPSA) is 119 Å². The van der Waals surface area contributed by atoms with E-state index in [-0.39, 0.29) is 10.6 Å². The molecule has 1 aromatic rings. The molecule has 0 heterocycles. The number of primary amides is 1. The van der Waals surface area contributed by atoms with Gasteiger partial charge in [0, 0.05) is 0 Å². The molecular formula is C8H7N3O4S. The fraction of sp³-hybridized carbons (Fsp3) is 0. The molecule has 0 atom stereocenters. The van der Waals surface area contributed by atoms with Gasteiger partial charge in [0.25, 0.3) is 10.0 Å². The van der Waals surface area contributed by atoms with Crippen molar-refractivity contribution in [3.8, 4) is 0 Å². The largest absolute Gasteiger partial charge is 0.351 e. The number of nitrogens with one attached hydrogen (secondary N) is 1. The molecule has 0 radical (unpaired) electrons. The minimum atomic E-state index is -3.96. The molecule has 0 aliphatic rings. The van der Waals surface area contributed by atoms with E-state index in [0.717, 1.165) is 0 Å². The first-order valence-electron chi connectivity index (χ1n) is 3.96. The first-order chi connectivity index (χ1) is 7.45. The number of hydrogen-bond donors (Lipinski definition) is 2. The van der Waals surface area contributed by atoms with Crippen LogP contribution < -0.4 is 10.5 Å². The number of urea groups is 1. The van der Waals surface area contributed by atoms with Crippen molar-refractivity contribution in [2.75, 3.05) is 0 Å². The maximum atomic E-state index is 11.4. The van der Waals surface area contributed by atoms with E-state index in [1.165, 1.54) is 30.3 Å². The smallest absolute Gasteiger partial charge is 0.326 e. The van der Waals surface area contributed by atoms with Crippen molar-refractivity contribution in [2.24, 2.45) is 10.7 Å². The standard InChI is InChI=1S/C8H7N3O4S/c9-8(13)11-16(14,15)7-3-1-6(2-4-7)10-5-12/h1-4H,(H3,9,11,13). The van der Waals surface area contributed by atoms with E-state index in [0.29, 0.717) is 0 Å². The van der Waals surface area contributed by atoms with E-state index < -0.39 is 16.1 Å². The maximum absolute atomic E-state index is 11.4. The van der Waals surface area contributed by atoms with Crippen molar-refractivity contribution in [3.63, 3.8) is 0 Å². The van der Waals surface area contributed by atoms with Crippen molar-refractivity contribution in [1.29, 1.82) is 0 Å². The van der Waals surface area contributed by atoms with Crippen LogP contribution in [-0.2, 0) is 14.8 Å². The number of carbonyl (C=O) groups excluding carboxylic acids is 2. The number of hydrogen-bond acceptors (Lipinski definition) is 5. The average molecular weight is 241 g/mol. The van der Waals surface area contributed by atoms with Crippen LogP contribution in [0.1, 0.15) is 0 Å². The molecule has 0 saturated carbocycles. The van der Waals surface area contributed by atoms with Crippen LogP contribution in [0.3, 0.4) is 0 Å². The van der Waals surface area contributed by atoms with Crippen LogP contribution in [0.5, 0.6) is 0 Å². The summed E-state index contributed by atoms with van der Waals surface area (Å²) in [6, 6.07) is 3.78. The summed E-state index contributed by atoms with van der Waals surface area (Å²) in [5.74, 6) is 0. The summed E-state index contributed by atoms with van der Waals surface area (Å²) < 4.78 is 24.4. The van der Waals surface area contributed by atoms with Crippen molar-refractivity contribution in [2.45, 2.75) is 4.90 Å². The molecule has 8 heteroatoms. The van der Waals surface area contributed by atoms with Crippen LogP contribution in [0.2, 0.25) is 0 Å². The predicted molar refractivity (Wildman–Crippen MR) is 54.1 cm³/mol. The van der Waals surface area contributed by atoms with E-state index in [4.69, 9.17) is 5.73 Å². The van der Waals surface area contributed by atoms with Crippen LogP contribution >= 0.6 is 0 Å². The highest BCUT2D eigenvalue weighted by atomic mass is 32.2. The normalized spacial score (nSPS) is 10.2. The van der Waals surface area contributed by atoms with Crippen LogP contribution in [0.15, 0.2) is 34.2 Å². The summed E-state index contributed by atoms with van der Waals surface area (Å²) in [4.78, 5) is 23.5. The molecule has 0 aliphatic heterocycles. The van der Waals surface area contributed by atoms with Crippen LogP contribution in [0.4, 0.5) is 10.5 Å². The zero-order chi connectivity index (χ0) is 12.2. The minimum Gasteiger partial charge on any atom is -0.351 e. The number of nitrogens with zero attached hydrogens (tertiary/aromatic N) is 1. The predicted octanol–water partition coefficient (Wildman–Crippen LogP) is 0.0109. The van der Waals surface area contributed by atoms with Crippen molar-refractivity contribution < 1.29 is 18.0 Å². The van der Waals surface area contributed by atoms with Gasteiger partial charge in [-0.05, 0) is 24.3 Å².